The van der Waals surface area contributed by atoms with Gasteiger partial charge in [0, 0.05) is 5.56 Å². The predicted molar refractivity (Wildman–Crippen MR) is 62.9 cm³/mol. The van der Waals surface area contributed by atoms with Gasteiger partial charge in [-0.25, -0.2) is 4.98 Å². The van der Waals surface area contributed by atoms with E-state index in [2.05, 4.69) is 4.98 Å². The summed E-state index contributed by atoms with van der Waals surface area (Å²) in [5.74, 6) is 0.776. The zero-order valence-electron chi connectivity index (χ0n) is 8.23. The Labute approximate surface area is 91.5 Å². The Hall–Kier alpha value is -1.75. The number of aromatic nitrogens is 1. The second-order valence-electron chi connectivity index (χ2n) is 3.00. The second kappa shape index (κ2) is 3.78. The molecule has 0 aliphatic heterocycles. The van der Waals surface area contributed by atoms with E-state index in [1.165, 1.54) is 11.3 Å². The quantitative estimate of drug-likeness (QED) is 0.813. The average Bonchev–Trinajstić information content (AvgIpc) is 2.58. The number of ether oxygens (including phenoxy) is 1. The fourth-order valence-corrected chi connectivity index (χ4v) is 1.95. The topological polar surface area (TPSA) is 74.2 Å². The lowest BCUT2D eigenvalue weighted by Crippen LogP contribution is -1.88. The Morgan fingerprint density at radius 3 is 2.73 bits per heavy atom. The van der Waals surface area contributed by atoms with E-state index in [-0.39, 0.29) is 0 Å². The first kappa shape index (κ1) is 9.79. The third kappa shape index (κ3) is 1.87. The van der Waals surface area contributed by atoms with E-state index in [1.807, 2.05) is 24.3 Å². The molecule has 1 aromatic carbocycles. The maximum absolute atomic E-state index is 5.80. The minimum Gasteiger partial charge on any atom is -0.497 e. The van der Waals surface area contributed by atoms with Gasteiger partial charge in [0.25, 0.3) is 0 Å². The molecule has 0 spiro atoms. The van der Waals surface area contributed by atoms with E-state index in [1.54, 1.807) is 7.11 Å². The fraction of sp³-hybridized carbons (Fsp3) is 0.100. The first-order chi connectivity index (χ1) is 7.20. The van der Waals surface area contributed by atoms with Crippen molar-refractivity contribution in [3.63, 3.8) is 0 Å². The molecule has 0 aliphatic rings. The van der Waals surface area contributed by atoms with Crippen LogP contribution in [0.15, 0.2) is 24.3 Å². The highest BCUT2D eigenvalue weighted by atomic mass is 32.1. The number of thiazole rings is 1. The van der Waals surface area contributed by atoms with Crippen molar-refractivity contribution in [2.75, 3.05) is 18.6 Å². The molecule has 0 aliphatic carbocycles. The minimum absolute atomic E-state index is 0.477. The number of anilines is 2. The van der Waals surface area contributed by atoms with Crippen molar-refractivity contribution in [2.45, 2.75) is 0 Å². The Bertz CT molecular complexity index is 481. The lowest BCUT2D eigenvalue weighted by Gasteiger charge is -2.02. The molecule has 0 bridgehead atoms. The number of hydrogen-bond donors (Lipinski definition) is 2. The Balaban J connectivity index is 2.49. The van der Waals surface area contributed by atoms with Crippen molar-refractivity contribution in [2.24, 2.45) is 0 Å². The third-order valence-corrected chi connectivity index (χ3v) is 2.73. The molecule has 0 radical (unpaired) electrons. The van der Waals surface area contributed by atoms with Crippen molar-refractivity contribution in [1.29, 1.82) is 0 Å². The minimum atomic E-state index is 0.477. The molecular formula is C10H11N3OS. The van der Waals surface area contributed by atoms with Crippen LogP contribution in [-0.4, -0.2) is 12.1 Å². The van der Waals surface area contributed by atoms with Crippen LogP contribution in [0.4, 0.5) is 10.1 Å². The highest BCUT2D eigenvalue weighted by Gasteiger charge is 2.09. The number of nitrogen functional groups attached to an aromatic ring is 2. The molecule has 2 aromatic rings. The van der Waals surface area contributed by atoms with Gasteiger partial charge in [0.05, 0.1) is 7.11 Å². The van der Waals surface area contributed by atoms with Crippen LogP contribution in [0.3, 0.4) is 0 Å². The summed E-state index contributed by atoms with van der Waals surface area (Å²) >= 11 is 1.28. The van der Waals surface area contributed by atoms with E-state index >= 15 is 0 Å². The third-order valence-electron chi connectivity index (χ3n) is 2.01. The van der Waals surface area contributed by atoms with Gasteiger partial charge in [-0.3, -0.25) is 0 Å². The summed E-state index contributed by atoms with van der Waals surface area (Å²) in [7, 11) is 1.62. The molecular weight excluding hydrogens is 210 g/mol. The van der Waals surface area contributed by atoms with Crippen LogP contribution in [0.5, 0.6) is 5.75 Å². The monoisotopic (exact) mass is 221 g/mol. The number of nitrogens with two attached hydrogens (primary N) is 2. The van der Waals surface area contributed by atoms with Crippen LogP contribution < -0.4 is 16.2 Å². The molecule has 15 heavy (non-hydrogen) atoms. The summed E-state index contributed by atoms with van der Waals surface area (Å²) in [6.07, 6.45) is 0. The van der Waals surface area contributed by atoms with Crippen molar-refractivity contribution in [3.8, 4) is 17.0 Å². The maximum Gasteiger partial charge on any atom is 0.182 e. The smallest absolute Gasteiger partial charge is 0.182 e. The van der Waals surface area contributed by atoms with Gasteiger partial charge < -0.3 is 16.2 Å². The van der Waals surface area contributed by atoms with E-state index in [4.69, 9.17) is 16.2 Å². The number of nitrogens with zero attached hydrogens (tertiary/aromatic N) is 1. The maximum atomic E-state index is 5.80. The van der Waals surface area contributed by atoms with E-state index in [0.29, 0.717) is 10.1 Å². The first-order valence-electron chi connectivity index (χ1n) is 4.37. The molecule has 78 valence electrons. The molecule has 5 heteroatoms. The molecule has 1 aromatic heterocycles. The molecule has 0 atom stereocenters. The highest BCUT2D eigenvalue weighted by Crippen LogP contribution is 2.33. The lowest BCUT2D eigenvalue weighted by atomic mass is 10.1. The molecule has 1 heterocycles. The summed E-state index contributed by atoms with van der Waals surface area (Å²) < 4.78 is 5.13. The number of methoxy groups -OCH3 is 1. The Morgan fingerprint density at radius 1 is 1.33 bits per heavy atom. The normalized spacial score (nSPS) is 10.2. The molecule has 0 saturated heterocycles. The molecule has 0 unspecified atom stereocenters. The summed E-state index contributed by atoms with van der Waals surface area (Å²) in [6, 6.07) is 7.57. The van der Waals surface area contributed by atoms with Gasteiger partial charge >= 0.3 is 0 Å². The van der Waals surface area contributed by atoms with Crippen LogP contribution in [0, 0.1) is 0 Å². The van der Waals surface area contributed by atoms with Crippen molar-refractivity contribution in [1.82, 2.24) is 4.98 Å². The van der Waals surface area contributed by atoms with Crippen molar-refractivity contribution >= 4 is 21.5 Å². The Kier molecular flexibility index (Phi) is 2.47. The largest absolute Gasteiger partial charge is 0.497 e. The molecule has 0 saturated carbocycles. The number of rotatable bonds is 2. The van der Waals surface area contributed by atoms with Gasteiger partial charge in [-0.15, -0.1) is 0 Å². The van der Waals surface area contributed by atoms with Crippen LogP contribution in [0.1, 0.15) is 0 Å². The summed E-state index contributed by atoms with van der Waals surface area (Å²) in [5, 5.41) is 1.10. The van der Waals surface area contributed by atoms with Gasteiger partial charge in [-0.2, -0.15) is 0 Å². The van der Waals surface area contributed by atoms with E-state index in [9.17, 15) is 0 Å². The van der Waals surface area contributed by atoms with Crippen LogP contribution in [0.25, 0.3) is 11.3 Å². The fourth-order valence-electron chi connectivity index (χ4n) is 1.33. The zero-order chi connectivity index (χ0) is 10.8. The number of benzene rings is 1. The molecule has 0 fully saturated rings. The van der Waals surface area contributed by atoms with Crippen molar-refractivity contribution < 1.29 is 4.74 Å². The summed E-state index contributed by atoms with van der Waals surface area (Å²) in [5.41, 5.74) is 13.0. The van der Waals surface area contributed by atoms with Gasteiger partial charge in [-0.1, -0.05) is 23.5 Å². The van der Waals surface area contributed by atoms with Crippen LogP contribution >= 0.6 is 11.3 Å². The Morgan fingerprint density at radius 2 is 2.13 bits per heavy atom. The molecule has 4 N–H and O–H groups in total. The standard InChI is InChI=1S/C10H11N3OS/c1-14-7-4-2-3-6(5-7)8-9(11)15-10(12)13-8/h2-5H,11H2,1H3,(H2,12,13). The summed E-state index contributed by atoms with van der Waals surface area (Å²) in [6.45, 7) is 0. The van der Waals surface area contributed by atoms with E-state index < -0.39 is 0 Å². The van der Waals surface area contributed by atoms with E-state index in [0.717, 1.165) is 17.0 Å². The number of hydrogen-bond acceptors (Lipinski definition) is 5. The van der Waals surface area contributed by atoms with Gasteiger partial charge in [0.15, 0.2) is 5.13 Å². The zero-order valence-corrected chi connectivity index (χ0v) is 9.04. The van der Waals surface area contributed by atoms with Crippen LogP contribution in [0.2, 0.25) is 0 Å². The lowest BCUT2D eigenvalue weighted by molar-refractivity contribution is 0.415. The van der Waals surface area contributed by atoms with Gasteiger partial charge in [0.2, 0.25) is 0 Å². The SMILES string of the molecule is COc1cccc(-c2nc(N)sc2N)c1. The van der Waals surface area contributed by atoms with Crippen LogP contribution in [-0.2, 0) is 0 Å². The second-order valence-corrected chi connectivity index (χ2v) is 4.06. The summed E-state index contributed by atoms with van der Waals surface area (Å²) in [4.78, 5) is 4.17. The highest BCUT2D eigenvalue weighted by molar-refractivity contribution is 7.19. The average molecular weight is 221 g/mol. The predicted octanol–water partition coefficient (Wildman–Crippen LogP) is 1.98. The van der Waals surface area contributed by atoms with Crippen molar-refractivity contribution in [3.05, 3.63) is 24.3 Å². The molecule has 2 rings (SSSR count). The molecule has 0 amide bonds. The molecule has 4 nitrogen and oxygen atoms in total. The first-order valence-corrected chi connectivity index (χ1v) is 5.18. The van der Waals surface area contributed by atoms with Gasteiger partial charge in [0.1, 0.15) is 16.4 Å². The van der Waals surface area contributed by atoms with Gasteiger partial charge in [-0.05, 0) is 12.1 Å².